The number of carbonyl (C=O) groups is 4. The number of carbonyl (C=O) groups excluding carboxylic acids is 4. The average Bonchev–Trinajstić information content (AvgIpc) is 3.97. The summed E-state index contributed by atoms with van der Waals surface area (Å²) >= 11 is 6.41. The second-order valence-corrected chi connectivity index (χ2v) is 25.7. The van der Waals surface area contributed by atoms with Crippen molar-refractivity contribution in [3.05, 3.63) is 76.3 Å². The molecular formula is C48H72ClN3O8Si. The topological polar surface area (TPSA) is 145 Å². The van der Waals surface area contributed by atoms with E-state index in [9.17, 15) is 19.2 Å². The van der Waals surface area contributed by atoms with Gasteiger partial charge in [0.2, 0.25) is 26.0 Å². The van der Waals surface area contributed by atoms with Crippen LogP contribution in [0.1, 0.15) is 126 Å². The highest BCUT2D eigenvalue weighted by atomic mass is 35.5. The molecule has 1 saturated heterocycles. The molecular weight excluding hydrogens is 810 g/mol. The van der Waals surface area contributed by atoms with Crippen molar-refractivity contribution in [2.24, 2.45) is 16.7 Å². The third-order valence-electron chi connectivity index (χ3n) is 12.8. The molecule has 2 aliphatic heterocycles. The average molecular weight is 883 g/mol. The lowest BCUT2D eigenvalue weighted by molar-refractivity contribution is -0.157. The van der Waals surface area contributed by atoms with Crippen LogP contribution in [0.2, 0.25) is 21.6 Å². The van der Waals surface area contributed by atoms with Crippen LogP contribution in [-0.2, 0) is 46.1 Å². The van der Waals surface area contributed by atoms with Crippen molar-refractivity contribution in [1.29, 1.82) is 0 Å². The maximum atomic E-state index is 14.1. The molecule has 7 atom stereocenters. The van der Waals surface area contributed by atoms with E-state index in [1.54, 1.807) is 45.0 Å². The van der Waals surface area contributed by atoms with E-state index >= 15 is 0 Å². The summed E-state index contributed by atoms with van der Waals surface area (Å²) in [7, 11) is -0.508. The van der Waals surface area contributed by atoms with Crippen molar-refractivity contribution in [2.45, 2.75) is 169 Å². The summed E-state index contributed by atoms with van der Waals surface area (Å²) in [5, 5.41) is 9.13. The molecule has 2 aromatic rings. The van der Waals surface area contributed by atoms with E-state index < -0.39 is 61.7 Å². The van der Waals surface area contributed by atoms with Gasteiger partial charge < -0.3 is 34.6 Å². The molecule has 0 aromatic heterocycles. The molecule has 0 bridgehead atoms. The first kappa shape index (κ1) is 49.9. The Kier molecular flexibility index (Phi) is 16.9. The summed E-state index contributed by atoms with van der Waals surface area (Å²) < 4.78 is 24.7. The Labute approximate surface area is 370 Å². The summed E-state index contributed by atoms with van der Waals surface area (Å²) in [6, 6.07) is 10.9. The number of nitrogens with one attached hydrogen (secondary N) is 3. The molecule has 2 aromatic carbocycles. The molecule has 0 aliphatic carbocycles. The predicted molar refractivity (Wildman–Crippen MR) is 244 cm³/mol. The molecule has 0 unspecified atom stereocenters. The zero-order valence-corrected chi connectivity index (χ0v) is 40.7. The number of halogens is 1. The molecule has 0 radical (unpaired) electrons. The van der Waals surface area contributed by atoms with Crippen molar-refractivity contribution < 1.29 is 37.8 Å². The standard InChI is InChI=1S/C48H72ClN3O8Si/c1-28(2)61(29(3)4,30(5)6)58-27-33-18-21-35(22-19-33)43-42(60-43)31(7)39-16-15-17-41(53)51-37(25-34-20-23-40(57-14)36(49)24-34)44(54)50-32(8)48(12,13)46(56)52-38(45(55)59-39)26-47(9,10)11/h15,17-24,28-32,37-39,42-43H,16,25-27H2,1-14H3,(H,50,54)(H,51,53)(H,52,56)/b17-15-/t31-,32-,37+,38-,39-,42+,43+/m0/s1. The van der Waals surface area contributed by atoms with E-state index in [2.05, 4.69) is 81.8 Å². The van der Waals surface area contributed by atoms with Crippen LogP contribution in [0.4, 0.5) is 0 Å². The van der Waals surface area contributed by atoms with Gasteiger partial charge in [-0.2, -0.15) is 0 Å². The van der Waals surface area contributed by atoms with Crippen LogP contribution in [-0.4, -0.2) is 69.5 Å². The van der Waals surface area contributed by atoms with Crippen LogP contribution >= 0.6 is 11.6 Å². The number of amides is 3. The van der Waals surface area contributed by atoms with Gasteiger partial charge in [0.05, 0.1) is 30.3 Å². The molecule has 0 saturated carbocycles. The fourth-order valence-corrected chi connectivity index (χ4v) is 14.5. The summed E-state index contributed by atoms with van der Waals surface area (Å²) in [6.07, 6.45) is 2.50. The quantitative estimate of drug-likeness (QED) is 0.103. The largest absolute Gasteiger partial charge is 0.495 e. The normalized spacial score (nSPS) is 25.4. The first-order chi connectivity index (χ1) is 28.4. The number of benzene rings is 2. The van der Waals surface area contributed by atoms with Crippen molar-refractivity contribution in [2.75, 3.05) is 7.11 Å². The number of ether oxygens (including phenoxy) is 3. The summed E-state index contributed by atoms with van der Waals surface area (Å²) in [4.78, 5) is 55.6. The number of rotatable bonds is 13. The second kappa shape index (κ2) is 20.6. The Hall–Kier alpha value is -3.71. The Morgan fingerprint density at radius 2 is 1.48 bits per heavy atom. The zero-order chi connectivity index (χ0) is 45.6. The number of hydrogen-bond acceptors (Lipinski definition) is 8. The summed E-state index contributed by atoms with van der Waals surface area (Å²) in [5.74, 6) is -1.75. The first-order valence-electron chi connectivity index (χ1n) is 21.9. The van der Waals surface area contributed by atoms with E-state index in [0.717, 1.165) is 11.1 Å². The second-order valence-electron chi connectivity index (χ2n) is 19.8. The van der Waals surface area contributed by atoms with Crippen LogP contribution in [0, 0.1) is 16.7 Å². The van der Waals surface area contributed by atoms with E-state index in [1.807, 2.05) is 27.7 Å². The summed E-state index contributed by atoms with van der Waals surface area (Å²) in [6.45, 7) is 27.4. The van der Waals surface area contributed by atoms with Crippen LogP contribution in [0.3, 0.4) is 0 Å². The summed E-state index contributed by atoms with van der Waals surface area (Å²) in [5.41, 5.74) is 2.80. The van der Waals surface area contributed by atoms with Gasteiger partial charge in [-0.1, -0.05) is 117 Å². The van der Waals surface area contributed by atoms with Gasteiger partial charge >= 0.3 is 5.97 Å². The highest BCUT2D eigenvalue weighted by molar-refractivity contribution is 6.77. The van der Waals surface area contributed by atoms with E-state index in [-0.39, 0.29) is 36.4 Å². The molecule has 1 fully saturated rings. The lowest BCUT2D eigenvalue weighted by Gasteiger charge is -2.42. The Morgan fingerprint density at radius 3 is 2.03 bits per heavy atom. The smallest absolute Gasteiger partial charge is 0.328 e. The van der Waals surface area contributed by atoms with Gasteiger partial charge in [-0.3, -0.25) is 14.4 Å². The van der Waals surface area contributed by atoms with Crippen molar-refractivity contribution in [1.82, 2.24) is 16.0 Å². The fourth-order valence-electron chi connectivity index (χ4n) is 8.77. The zero-order valence-electron chi connectivity index (χ0n) is 38.9. The Balaban J connectivity index is 1.60. The number of epoxide rings is 1. The molecule has 338 valence electrons. The minimum atomic E-state index is -2.02. The molecule has 4 rings (SSSR count). The monoisotopic (exact) mass is 881 g/mol. The van der Waals surface area contributed by atoms with Crippen LogP contribution < -0.4 is 20.7 Å². The molecule has 0 spiro atoms. The number of methoxy groups -OCH3 is 1. The third kappa shape index (κ3) is 12.7. The van der Waals surface area contributed by atoms with E-state index in [4.69, 9.17) is 30.2 Å². The minimum absolute atomic E-state index is 0.129. The van der Waals surface area contributed by atoms with Gasteiger partial charge in [0, 0.05) is 24.8 Å². The Bertz CT molecular complexity index is 1850. The van der Waals surface area contributed by atoms with Crippen molar-refractivity contribution in [3.8, 4) is 5.75 Å². The predicted octanol–water partition coefficient (Wildman–Crippen LogP) is 9.17. The van der Waals surface area contributed by atoms with Gasteiger partial charge in [-0.25, -0.2) is 4.79 Å². The molecule has 3 N–H and O–H groups in total. The highest BCUT2D eigenvalue weighted by Crippen LogP contribution is 2.46. The maximum Gasteiger partial charge on any atom is 0.328 e. The lowest BCUT2D eigenvalue weighted by Crippen LogP contribution is -2.58. The van der Waals surface area contributed by atoms with Crippen LogP contribution in [0.5, 0.6) is 5.75 Å². The SMILES string of the molecule is COc1ccc(C[C@H]2NC(=O)/C=C\C[C@@H]([C@H](C)[C@H]3O[C@@H]3c3ccc(CO[Si](C(C)C)(C(C)C)C(C)C)cc3)OC(=O)[C@H](CC(C)(C)C)NC(=O)C(C)(C)[C@H](C)NC2=O)cc1Cl. The van der Waals surface area contributed by atoms with Crippen LogP contribution in [0.25, 0.3) is 0 Å². The number of cyclic esters (lactones) is 1. The molecule has 13 heteroatoms. The van der Waals surface area contributed by atoms with E-state index in [1.165, 1.54) is 13.2 Å². The first-order valence-corrected chi connectivity index (χ1v) is 24.4. The van der Waals surface area contributed by atoms with Crippen LogP contribution in [0.15, 0.2) is 54.6 Å². The molecule has 61 heavy (non-hydrogen) atoms. The molecule has 2 aliphatic rings. The third-order valence-corrected chi connectivity index (χ3v) is 19.1. The highest BCUT2D eigenvalue weighted by Gasteiger charge is 2.49. The number of hydrogen-bond donors (Lipinski definition) is 3. The van der Waals surface area contributed by atoms with Gasteiger partial charge in [0.25, 0.3) is 0 Å². The van der Waals surface area contributed by atoms with Crippen molar-refractivity contribution >= 4 is 43.6 Å². The van der Waals surface area contributed by atoms with Crippen molar-refractivity contribution in [3.63, 3.8) is 0 Å². The van der Waals surface area contributed by atoms with Gasteiger partial charge in [-0.05, 0) is 84.1 Å². The number of esters is 1. The Morgan fingerprint density at radius 1 is 0.869 bits per heavy atom. The van der Waals surface area contributed by atoms with E-state index in [0.29, 0.717) is 46.0 Å². The maximum absolute atomic E-state index is 14.1. The minimum Gasteiger partial charge on any atom is -0.495 e. The van der Waals surface area contributed by atoms with Gasteiger partial charge in [0.1, 0.15) is 30.0 Å². The molecule has 3 amide bonds. The van der Waals surface area contributed by atoms with Gasteiger partial charge in [0.15, 0.2) is 0 Å². The molecule has 11 nitrogen and oxygen atoms in total. The lowest BCUT2D eigenvalue weighted by atomic mass is 9.82. The molecule has 2 heterocycles. The van der Waals surface area contributed by atoms with Gasteiger partial charge in [-0.15, -0.1) is 0 Å². The fraction of sp³-hybridized carbons (Fsp3) is 0.625.